The van der Waals surface area contributed by atoms with Gasteiger partial charge in [0.25, 0.3) is 0 Å². The molecule has 144 valence electrons. The molecule has 6 heteroatoms. The molecular weight excluding hydrogens is 340 g/mol. The Morgan fingerprint density at radius 1 is 1.11 bits per heavy atom. The largest absolute Gasteiger partial charge is 0.481 e. The minimum absolute atomic E-state index is 0.188. The average Bonchev–Trinajstić information content (AvgIpc) is 2.69. The van der Waals surface area contributed by atoms with Crippen LogP contribution in [0.3, 0.4) is 0 Å². The maximum Gasteiger partial charge on any atom is 0.307 e. The summed E-state index contributed by atoms with van der Waals surface area (Å²) in [5.41, 5.74) is 3.99. The molecule has 0 spiro atoms. The quantitative estimate of drug-likeness (QED) is 0.895. The van der Waals surface area contributed by atoms with Gasteiger partial charge in [-0.15, -0.1) is 0 Å². The Morgan fingerprint density at radius 3 is 2.52 bits per heavy atom. The molecule has 0 radical (unpaired) electrons. The standard InChI is InChI=1S/C21H28N4O2/c1-15-20(23-19-7-3-2-6-18(19)22-15)14-24-11-8-17(9-12-24)25-10-4-5-16(13-25)21(26)27/h2-3,6-7,16-17H,4-5,8-14H2,1H3,(H,26,27). The number of para-hydroxylation sites is 2. The van der Waals surface area contributed by atoms with Crippen LogP contribution in [0.1, 0.15) is 37.1 Å². The van der Waals surface area contributed by atoms with E-state index in [1.807, 2.05) is 31.2 Å². The van der Waals surface area contributed by atoms with Crippen LogP contribution < -0.4 is 0 Å². The summed E-state index contributed by atoms with van der Waals surface area (Å²) in [6, 6.07) is 8.55. The van der Waals surface area contributed by atoms with Crippen molar-refractivity contribution in [3.63, 3.8) is 0 Å². The van der Waals surface area contributed by atoms with Crippen LogP contribution in [0, 0.1) is 12.8 Å². The van der Waals surface area contributed by atoms with Gasteiger partial charge in [0.05, 0.1) is 28.3 Å². The SMILES string of the molecule is Cc1nc2ccccc2nc1CN1CCC(N2CCCC(C(=O)O)C2)CC1. The number of nitrogens with zero attached hydrogens (tertiary/aromatic N) is 4. The molecule has 4 rings (SSSR count). The van der Waals surface area contributed by atoms with Crippen molar-refractivity contribution in [3.05, 3.63) is 35.7 Å². The van der Waals surface area contributed by atoms with Crippen molar-refractivity contribution in [2.45, 2.75) is 45.2 Å². The van der Waals surface area contributed by atoms with E-state index in [-0.39, 0.29) is 5.92 Å². The summed E-state index contributed by atoms with van der Waals surface area (Å²) >= 11 is 0. The highest BCUT2D eigenvalue weighted by molar-refractivity contribution is 5.74. The monoisotopic (exact) mass is 368 g/mol. The predicted octanol–water partition coefficient (Wildman–Crippen LogP) is 2.70. The second-order valence-corrected chi connectivity index (χ2v) is 7.92. The third kappa shape index (κ3) is 4.12. The van der Waals surface area contributed by atoms with Crippen molar-refractivity contribution in [3.8, 4) is 0 Å². The summed E-state index contributed by atoms with van der Waals surface area (Å²) in [5, 5.41) is 9.31. The summed E-state index contributed by atoms with van der Waals surface area (Å²) in [4.78, 5) is 25.7. The molecule has 1 atom stereocenters. The Kier molecular flexibility index (Phi) is 5.36. The smallest absolute Gasteiger partial charge is 0.307 e. The summed E-state index contributed by atoms with van der Waals surface area (Å²) in [6.07, 6.45) is 4.03. The van der Waals surface area contributed by atoms with Crippen molar-refractivity contribution in [1.82, 2.24) is 19.8 Å². The molecule has 0 saturated carbocycles. The van der Waals surface area contributed by atoms with Crippen LogP contribution in [0.15, 0.2) is 24.3 Å². The van der Waals surface area contributed by atoms with Gasteiger partial charge in [0.2, 0.25) is 0 Å². The van der Waals surface area contributed by atoms with E-state index in [1.165, 1.54) is 0 Å². The molecule has 2 fully saturated rings. The summed E-state index contributed by atoms with van der Waals surface area (Å²) < 4.78 is 0. The highest BCUT2D eigenvalue weighted by atomic mass is 16.4. The lowest BCUT2D eigenvalue weighted by molar-refractivity contribution is -0.144. The molecule has 1 aromatic carbocycles. The van der Waals surface area contributed by atoms with Gasteiger partial charge in [-0.2, -0.15) is 0 Å². The fourth-order valence-corrected chi connectivity index (χ4v) is 4.47. The van der Waals surface area contributed by atoms with Crippen LogP contribution in [-0.4, -0.2) is 63.1 Å². The molecule has 2 aromatic rings. The molecule has 2 aliphatic rings. The zero-order chi connectivity index (χ0) is 18.8. The topological polar surface area (TPSA) is 69.6 Å². The second-order valence-electron chi connectivity index (χ2n) is 7.92. The van der Waals surface area contributed by atoms with E-state index >= 15 is 0 Å². The molecule has 1 N–H and O–H groups in total. The van der Waals surface area contributed by atoms with E-state index in [0.29, 0.717) is 6.04 Å². The predicted molar refractivity (Wildman–Crippen MR) is 105 cm³/mol. The van der Waals surface area contributed by atoms with Crippen molar-refractivity contribution in [1.29, 1.82) is 0 Å². The van der Waals surface area contributed by atoms with Crippen LogP contribution in [0.5, 0.6) is 0 Å². The fourth-order valence-electron chi connectivity index (χ4n) is 4.47. The van der Waals surface area contributed by atoms with Crippen molar-refractivity contribution in [2.75, 3.05) is 26.2 Å². The van der Waals surface area contributed by atoms with Gasteiger partial charge >= 0.3 is 5.97 Å². The lowest BCUT2D eigenvalue weighted by Gasteiger charge is -2.41. The number of fused-ring (bicyclic) bond motifs is 1. The zero-order valence-electron chi connectivity index (χ0n) is 16.0. The van der Waals surface area contributed by atoms with Crippen LogP contribution in [-0.2, 0) is 11.3 Å². The number of rotatable bonds is 4. The molecule has 1 aromatic heterocycles. The van der Waals surface area contributed by atoms with Crippen molar-refractivity contribution >= 4 is 17.0 Å². The maximum absolute atomic E-state index is 11.3. The van der Waals surface area contributed by atoms with E-state index < -0.39 is 5.97 Å². The number of hydrogen-bond donors (Lipinski definition) is 1. The van der Waals surface area contributed by atoms with E-state index in [1.54, 1.807) is 0 Å². The van der Waals surface area contributed by atoms with Gasteiger partial charge in [-0.1, -0.05) is 12.1 Å². The lowest BCUT2D eigenvalue weighted by atomic mass is 9.94. The lowest BCUT2D eigenvalue weighted by Crippen LogP contribution is -2.49. The van der Waals surface area contributed by atoms with E-state index in [2.05, 4.69) is 9.80 Å². The molecule has 3 heterocycles. The van der Waals surface area contributed by atoms with Gasteiger partial charge in [0, 0.05) is 32.2 Å². The number of aryl methyl sites for hydroxylation is 1. The Balaban J connectivity index is 1.36. The van der Waals surface area contributed by atoms with Crippen LogP contribution in [0.25, 0.3) is 11.0 Å². The second kappa shape index (κ2) is 7.90. The number of benzene rings is 1. The first kappa shape index (κ1) is 18.3. The molecule has 0 aliphatic carbocycles. The number of piperidine rings is 2. The minimum Gasteiger partial charge on any atom is -0.481 e. The highest BCUT2D eigenvalue weighted by Gasteiger charge is 2.31. The van der Waals surface area contributed by atoms with E-state index in [9.17, 15) is 9.90 Å². The third-order valence-corrected chi connectivity index (χ3v) is 6.09. The summed E-state index contributed by atoms with van der Waals surface area (Å²) in [6.45, 7) is 6.72. The van der Waals surface area contributed by atoms with Crippen molar-refractivity contribution in [2.24, 2.45) is 5.92 Å². The number of likely N-dealkylation sites (tertiary alicyclic amines) is 2. The van der Waals surface area contributed by atoms with Crippen LogP contribution in [0.4, 0.5) is 0 Å². The summed E-state index contributed by atoms with van der Waals surface area (Å²) in [7, 11) is 0. The third-order valence-electron chi connectivity index (χ3n) is 6.09. The molecular formula is C21H28N4O2. The number of carbonyl (C=O) groups is 1. The molecule has 2 aliphatic heterocycles. The minimum atomic E-state index is -0.637. The Labute approximate surface area is 160 Å². The number of aromatic nitrogens is 2. The van der Waals surface area contributed by atoms with Gasteiger partial charge in [-0.3, -0.25) is 14.6 Å². The number of carboxylic acid groups (broad SMARTS) is 1. The Bertz CT molecular complexity index is 817. The number of carboxylic acids is 1. The highest BCUT2D eigenvalue weighted by Crippen LogP contribution is 2.25. The number of hydrogen-bond acceptors (Lipinski definition) is 5. The Hall–Kier alpha value is -2.05. The van der Waals surface area contributed by atoms with Gasteiger partial charge in [0.15, 0.2) is 0 Å². The first-order valence-corrected chi connectivity index (χ1v) is 10.0. The Morgan fingerprint density at radius 2 is 1.81 bits per heavy atom. The zero-order valence-corrected chi connectivity index (χ0v) is 16.0. The van der Waals surface area contributed by atoms with Crippen LogP contribution >= 0.6 is 0 Å². The summed E-state index contributed by atoms with van der Waals surface area (Å²) in [5.74, 6) is -0.824. The molecule has 0 amide bonds. The average molecular weight is 368 g/mol. The molecule has 2 saturated heterocycles. The van der Waals surface area contributed by atoms with Gasteiger partial charge in [-0.05, 0) is 51.3 Å². The van der Waals surface area contributed by atoms with E-state index in [0.717, 1.165) is 80.8 Å². The maximum atomic E-state index is 11.3. The van der Waals surface area contributed by atoms with E-state index in [4.69, 9.17) is 9.97 Å². The molecule has 6 nitrogen and oxygen atoms in total. The number of aliphatic carboxylic acids is 1. The van der Waals surface area contributed by atoms with Gasteiger partial charge in [-0.25, -0.2) is 9.97 Å². The first-order chi connectivity index (χ1) is 13.1. The van der Waals surface area contributed by atoms with Crippen LogP contribution in [0.2, 0.25) is 0 Å². The normalized spacial score (nSPS) is 22.9. The molecule has 1 unspecified atom stereocenters. The first-order valence-electron chi connectivity index (χ1n) is 10.0. The van der Waals surface area contributed by atoms with Gasteiger partial charge in [0.1, 0.15) is 0 Å². The van der Waals surface area contributed by atoms with Crippen molar-refractivity contribution < 1.29 is 9.90 Å². The molecule has 27 heavy (non-hydrogen) atoms. The fraction of sp³-hybridized carbons (Fsp3) is 0.571. The molecule has 0 bridgehead atoms. The van der Waals surface area contributed by atoms with Gasteiger partial charge < -0.3 is 5.11 Å².